The molecule has 0 N–H and O–H groups in total. The lowest BCUT2D eigenvalue weighted by atomic mass is 10.0. The second-order valence-electron chi connectivity index (χ2n) is 6.73. The SMILES string of the molecule is CN(C(=O)c1ccc(Cn2cccn2)o1)c1nc2c(s1)CCc1c-2cnn1C. The van der Waals surface area contributed by atoms with Crippen LogP contribution in [0.2, 0.25) is 0 Å². The molecule has 0 spiro atoms. The minimum atomic E-state index is -0.218. The molecule has 0 bridgehead atoms. The quantitative estimate of drug-likeness (QED) is 0.532. The van der Waals surface area contributed by atoms with Crippen molar-refractivity contribution in [3.63, 3.8) is 0 Å². The van der Waals surface area contributed by atoms with Crippen LogP contribution >= 0.6 is 11.3 Å². The summed E-state index contributed by atoms with van der Waals surface area (Å²) in [6, 6.07) is 5.35. The van der Waals surface area contributed by atoms with E-state index in [2.05, 4.69) is 10.2 Å². The van der Waals surface area contributed by atoms with Crippen LogP contribution in [0.5, 0.6) is 0 Å². The topological polar surface area (TPSA) is 82.0 Å². The van der Waals surface area contributed by atoms with Gasteiger partial charge in [-0.2, -0.15) is 10.2 Å². The van der Waals surface area contributed by atoms with Crippen molar-refractivity contribution in [2.24, 2.45) is 7.05 Å². The summed E-state index contributed by atoms with van der Waals surface area (Å²) in [6.45, 7) is 0.485. The highest BCUT2D eigenvalue weighted by Crippen LogP contribution is 2.39. The molecule has 4 aromatic heterocycles. The largest absolute Gasteiger partial charge is 0.454 e. The summed E-state index contributed by atoms with van der Waals surface area (Å²) in [4.78, 5) is 20.4. The van der Waals surface area contributed by atoms with E-state index in [9.17, 15) is 4.79 Å². The third-order valence-electron chi connectivity index (χ3n) is 4.93. The molecule has 142 valence electrons. The maximum atomic E-state index is 12.9. The zero-order valence-corrected chi connectivity index (χ0v) is 16.3. The Morgan fingerprint density at radius 1 is 1.32 bits per heavy atom. The first-order valence-corrected chi connectivity index (χ1v) is 9.77. The zero-order chi connectivity index (χ0) is 19.3. The van der Waals surface area contributed by atoms with Crippen molar-refractivity contribution < 1.29 is 9.21 Å². The Morgan fingerprint density at radius 3 is 3.04 bits per heavy atom. The smallest absolute Gasteiger partial charge is 0.295 e. The summed E-state index contributed by atoms with van der Waals surface area (Å²) in [7, 11) is 3.68. The van der Waals surface area contributed by atoms with Gasteiger partial charge in [0.25, 0.3) is 5.91 Å². The van der Waals surface area contributed by atoms with E-state index in [4.69, 9.17) is 9.40 Å². The average molecular weight is 394 g/mol. The number of amides is 1. The summed E-state index contributed by atoms with van der Waals surface area (Å²) < 4.78 is 9.38. The number of hydrogen-bond acceptors (Lipinski definition) is 6. The highest BCUT2D eigenvalue weighted by atomic mass is 32.1. The number of thiazole rings is 1. The predicted molar refractivity (Wildman–Crippen MR) is 104 cm³/mol. The predicted octanol–water partition coefficient (Wildman–Crippen LogP) is 2.76. The van der Waals surface area contributed by atoms with Gasteiger partial charge >= 0.3 is 0 Å². The molecule has 5 rings (SSSR count). The molecule has 0 radical (unpaired) electrons. The Kier molecular flexibility index (Phi) is 3.90. The molecular formula is C19H18N6O2S. The van der Waals surface area contributed by atoms with Crippen LogP contribution in [-0.2, 0) is 26.4 Å². The molecule has 4 aromatic rings. The highest BCUT2D eigenvalue weighted by molar-refractivity contribution is 7.16. The van der Waals surface area contributed by atoms with E-state index >= 15 is 0 Å². The minimum Gasteiger partial charge on any atom is -0.454 e. The fraction of sp³-hybridized carbons (Fsp3) is 0.263. The lowest BCUT2D eigenvalue weighted by Crippen LogP contribution is -2.25. The fourth-order valence-electron chi connectivity index (χ4n) is 3.44. The van der Waals surface area contributed by atoms with Gasteiger partial charge in [0.05, 0.1) is 18.4 Å². The molecule has 8 nitrogen and oxygen atoms in total. The molecule has 1 amide bonds. The van der Waals surface area contributed by atoms with E-state index in [1.807, 2.05) is 30.2 Å². The summed E-state index contributed by atoms with van der Waals surface area (Å²) in [5.41, 5.74) is 3.19. The van der Waals surface area contributed by atoms with Crippen LogP contribution in [0.1, 0.15) is 26.9 Å². The summed E-state index contributed by atoms with van der Waals surface area (Å²) >= 11 is 1.55. The van der Waals surface area contributed by atoms with E-state index in [-0.39, 0.29) is 5.91 Å². The van der Waals surface area contributed by atoms with Gasteiger partial charge in [0.2, 0.25) is 0 Å². The average Bonchev–Trinajstić information content (AvgIpc) is 3.47. The van der Waals surface area contributed by atoms with E-state index in [0.717, 1.165) is 24.1 Å². The number of anilines is 1. The lowest BCUT2D eigenvalue weighted by Gasteiger charge is -2.11. The Morgan fingerprint density at radius 2 is 2.21 bits per heavy atom. The van der Waals surface area contributed by atoms with E-state index < -0.39 is 0 Å². The molecule has 0 fully saturated rings. The van der Waals surface area contributed by atoms with Crippen molar-refractivity contribution in [3.05, 3.63) is 58.9 Å². The third kappa shape index (κ3) is 2.75. The van der Waals surface area contributed by atoms with Gasteiger partial charge in [-0.1, -0.05) is 0 Å². The second kappa shape index (κ2) is 6.45. The van der Waals surface area contributed by atoms with Crippen LogP contribution in [0.3, 0.4) is 0 Å². The first-order valence-electron chi connectivity index (χ1n) is 8.95. The Bertz CT molecular complexity index is 1150. The van der Waals surface area contributed by atoms with E-state index in [1.165, 1.54) is 10.6 Å². The Hall–Kier alpha value is -3.20. The first-order chi connectivity index (χ1) is 13.6. The second-order valence-corrected chi connectivity index (χ2v) is 7.79. The van der Waals surface area contributed by atoms with Crippen LogP contribution in [0, 0.1) is 0 Å². The van der Waals surface area contributed by atoms with Crippen molar-refractivity contribution >= 4 is 22.4 Å². The molecular weight excluding hydrogens is 376 g/mol. The Labute approximate surface area is 165 Å². The molecule has 0 unspecified atom stereocenters. The third-order valence-corrected chi connectivity index (χ3v) is 6.12. The zero-order valence-electron chi connectivity index (χ0n) is 15.5. The van der Waals surface area contributed by atoms with Crippen molar-refractivity contribution in [1.82, 2.24) is 24.5 Å². The normalized spacial score (nSPS) is 12.6. The van der Waals surface area contributed by atoms with E-state index in [0.29, 0.717) is 23.2 Å². The van der Waals surface area contributed by atoms with Gasteiger partial charge in [-0.05, 0) is 31.0 Å². The van der Waals surface area contributed by atoms with Gasteiger partial charge < -0.3 is 4.42 Å². The molecule has 0 atom stereocenters. The number of aryl methyl sites for hydroxylation is 2. The molecule has 0 aromatic carbocycles. The first kappa shape index (κ1) is 16.9. The number of nitrogens with zero attached hydrogens (tertiary/aromatic N) is 6. The number of furan rings is 1. The molecule has 0 aliphatic heterocycles. The van der Waals surface area contributed by atoms with Crippen LogP contribution in [0.15, 0.2) is 41.2 Å². The van der Waals surface area contributed by atoms with Crippen molar-refractivity contribution in [2.75, 3.05) is 11.9 Å². The standard InChI is InChI=1S/C19H18N6O2S/c1-23(18(26)15-6-4-12(27-15)11-25-9-3-8-20-25)19-22-17-13-10-21-24(2)14(13)5-7-16(17)28-19/h3-4,6,8-10H,5,7,11H2,1-2H3. The molecule has 1 aliphatic carbocycles. The highest BCUT2D eigenvalue weighted by Gasteiger charge is 2.27. The van der Waals surface area contributed by atoms with E-state index in [1.54, 1.807) is 46.3 Å². The Balaban J connectivity index is 1.39. The van der Waals surface area contributed by atoms with Gasteiger partial charge in [-0.3, -0.25) is 19.1 Å². The molecule has 1 aliphatic rings. The van der Waals surface area contributed by atoms with Gasteiger partial charge in [-0.15, -0.1) is 11.3 Å². The molecule has 28 heavy (non-hydrogen) atoms. The lowest BCUT2D eigenvalue weighted by molar-refractivity contribution is 0.0964. The molecule has 0 saturated heterocycles. The monoisotopic (exact) mass is 394 g/mol. The number of hydrogen-bond donors (Lipinski definition) is 0. The van der Waals surface area contributed by atoms with Gasteiger partial charge in [0.15, 0.2) is 10.9 Å². The number of aromatic nitrogens is 5. The molecule has 0 saturated carbocycles. The maximum absolute atomic E-state index is 12.9. The van der Waals surface area contributed by atoms with Crippen molar-refractivity contribution in [3.8, 4) is 11.3 Å². The van der Waals surface area contributed by atoms with Crippen molar-refractivity contribution in [2.45, 2.75) is 19.4 Å². The summed E-state index contributed by atoms with van der Waals surface area (Å²) in [6.07, 6.45) is 7.26. The maximum Gasteiger partial charge on any atom is 0.295 e. The number of fused-ring (bicyclic) bond motifs is 3. The van der Waals surface area contributed by atoms with Gasteiger partial charge in [-0.25, -0.2) is 4.98 Å². The fourth-order valence-corrected chi connectivity index (χ4v) is 4.47. The van der Waals surface area contributed by atoms with Gasteiger partial charge in [0, 0.05) is 42.6 Å². The van der Waals surface area contributed by atoms with Gasteiger partial charge in [0.1, 0.15) is 5.76 Å². The van der Waals surface area contributed by atoms with Crippen LogP contribution in [-0.4, -0.2) is 37.5 Å². The van der Waals surface area contributed by atoms with Crippen molar-refractivity contribution in [1.29, 1.82) is 0 Å². The van der Waals surface area contributed by atoms with Crippen LogP contribution < -0.4 is 4.90 Å². The molecule has 4 heterocycles. The minimum absolute atomic E-state index is 0.218. The summed E-state index contributed by atoms with van der Waals surface area (Å²) in [5.74, 6) is 0.753. The van der Waals surface area contributed by atoms with Crippen LogP contribution in [0.25, 0.3) is 11.3 Å². The number of carbonyl (C=O) groups excluding carboxylic acids is 1. The van der Waals surface area contributed by atoms with Crippen LogP contribution in [0.4, 0.5) is 5.13 Å². The summed E-state index contributed by atoms with van der Waals surface area (Å²) in [5, 5.41) is 9.16. The molecule has 9 heteroatoms. The number of rotatable bonds is 4. The number of carbonyl (C=O) groups is 1.